The van der Waals surface area contributed by atoms with Crippen LogP contribution in [0.3, 0.4) is 0 Å². The van der Waals surface area contributed by atoms with Crippen LogP contribution in [0.5, 0.6) is 0 Å². The van der Waals surface area contributed by atoms with E-state index in [2.05, 4.69) is 19.2 Å². The molecule has 0 radical (unpaired) electrons. The third kappa shape index (κ3) is 4.47. The molecule has 0 aromatic heterocycles. The first-order chi connectivity index (χ1) is 8.62. The monoisotopic (exact) mass is 253 g/mol. The second-order valence-electron chi connectivity index (χ2n) is 4.64. The molecular formula is C15H24FNO. The predicted octanol–water partition coefficient (Wildman–Crippen LogP) is 4.40. The Bertz CT molecular complexity index is 405. The summed E-state index contributed by atoms with van der Waals surface area (Å²) in [7, 11) is 0. The summed E-state index contributed by atoms with van der Waals surface area (Å²) in [5.74, 6) is -0.307. The predicted molar refractivity (Wildman–Crippen MR) is 75.2 cm³/mol. The van der Waals surface area contributed by atoms with Gasteiger partial charge in [-0.2, -0.15) is 0 Å². The van der Waals surface area contributed by atoms with Crippen LogP contribution in [0.25, 0.3) is 0 Å². The van der Waals surface area contributed by atoms with E-state index < -0.39 is 0 Å². The summed E-state index contributed by atoms with van der Waals surface area (Å²) >= 11 is 0. The molecule has 1 aromatic rings. The third-order valence-corrected chi connectivity index (χ3v) is 2.65. The first-order valence-corrected chi connectivity index (χ1v) is 6.71. The second kappa shape index (κ2) is 7.14. The van der Waals surface area contributed by atoms with Gasteiger partial charge in [0.25, 0.3) is 0 Å². The summed E-state index contributed by atoms with van der Waals surface area (Å²) in [6.45, 7) is 6.25. The van der Waals surface area contributed by atoms with Crippen LogP contribution in [-0.4, -0.2) is 5.91 Å². The van der Waals surface area contributed by atoms with E-state index in [1.165, 1.54) is 12.5 Å². The average molecular weight is 253 g/mol. The van der Waals surface area contributed by atoms with Crippen LogP contribution in [0.1, 0.15) is 47.0 Å². The van der Waals surface area contributed by atoms with Crippen LogP contribution >= 0.6 is 0 Å². The van der Waals surface area contributed by atoms with Gasteiger partial charge in [-0.3, -0.25) is 4.79 Å². The van der Waals surface area contributed by atoms with Crippen molar-refractivity contribution in [3.8, 4) is 0 Å². The molecule has 1 aliphatic rings. The van der Waals surface area contributed by atoms with E-state index in [1.807, 2.05) is 6.92 Å². The number of hydrogen-bond acceptors (Lipinski definition) is 1. The van der Waals surface area contributed by atoms with Gasteiger partial charge in [-0.05, 0) is 37.0 Å². The molecule has 1 N–H and O–H groups in total. The van der Waals surface area contributed by atoms with Crippen molar-refractivity contribution in [2.24, 2.45) is 5.92 Å². The molecule has 0 aliphatic heterocycles. The Kier molecular flexibility index (Phi) is 5.83. The quantitative estimate of drug-likeness (QED) is 0.850. The van der Waals surface area contributed by atoms with Crippen molar-refractivity contribution in [2.45, 2.75) is 46.5 Å². The highest BCUT2D eigenvalue weighted by atomic mass is 19.1. The molecule has 2 nitrogen and oxygen atoms in total. The first kappa shape index (κ1) is 14.7. The molecule has 2 rings (SSSR count). The smallest absolute Gasteiger partial charge is 0.227 e. The number of rotatable bonds is 3. The fraction of sp³-hybridized carbons (Fsp3) is 0.533. The van der Waals surface area contributed by atoms with E-state index in [-0.39, 0.29) is 19.1 Å². The molecule has 0 unspecified atom stereocenters. The van der Waals surface area contributed by atoms with Gasteiger partial charge in [-0.1, -0.05) is 33.3 Å². The van der Waals surface area contributed by atoms with Gasteiger partial charge in [0.15, 0.2) is 0 Å². The van der Waals surface area contributed by atoms with Crippen molar-refractivity contribution in [3.05, 3.63) is 29.6 Å². The molecule has 1 aliphatic carbocycles. The summed E-state index contributed by atoms with van der Waals surface area (Å²) in [5, 5.41) is 2.63. The van der Waals surface area contributed by atoms with Gasteiger partial charge in [-0.15, -0.1) is 0 Å². The van der Waals surface area contributed by atoms with Crippen molar-refractivity contribution >= 4 is 11.6 Å². The summed E-state index contributed by atoms with van der Waals surface area (Å²) in [6, 6.07) is 4.85. The molecule has 0 spiro atoms. The Hall–Kier alpha value is -1.38. The zero-order valence-electron chi connectivity index (χ0n) is 11.4. The normalized spacial score (nSPS) is 13.6. The van der Waals surface area contributed by atoms with Crippen LogP contribution in [0.4, 0.5) is 10.1 Å². The van der Waals surface area contributed by atoms with Gasteiger partial charge in [0.1, 0.15) is 5.82 Å². The van der Waals surface area contributed by atoms with Gasteiger partial charge < -0.3 is 5.32 Å². The molecule has 18 heavy (non-hydrogen) atoms. The SMILES string of the molecule is CCC.CCc1ccc(F)c(NC(=O)C2CC2)c1.[HH]. The highest BCUT2D eigenvalue weighted by molar-refractivity contribution is 5.94. The topological polar surface area (TPSA) is 29.1 Å². The molecule has 0 atom stereocenters. The number of amides is 1. The number of carbonyl (C=O) groups is 1. The van der Waals surface area contributed by atoms with E-state index in [4.69, 9.17) is 0 Å². The first-order valence-electron chi connectivity index (χ1n) is 6.71. The summed E-state index contributed by atoms with van der Waals surface area (Å²) in [6.07, 6.45) is 3.95. The minimum absolute atomic E-state index is 0. The maximum absolute atomic E-state index is 13.3. The molecule has 1 fully saturated rings. The maximum Gasteiger partial charge on any atom is 0.227 e. The summed E-state index contributed by atoms with van der Waals surface area (Å²) in [5.41, 5.74) is 1.34. The number of carbonyl (C=O) groups excluding carboxylic acids is 1. The lowest BCUT2D eigenvalue weighted by Crippen LogP contribution is -2.14. The van der Waals surface area contributed by atoms with Crippen LogP contribution in [-0.2, 0) is 11.2 Å². The van der Waals surface area contributed by atoms with E-state index in [9.17, 15) is 9.18 Å². The van der Waals surface area contributed by atoms with Gasteiger partial charge in [0.05, 0.1) is 5.69 Å². The summed E-state index contributed by atoms with van der Waals surface area (Å²) in [4.78, 5) is 11.4. The summed E-state index contributed by atoms with van der Waals surface area (Å²) < 4.78 is 13.3. The molecule has 1 aromatic carbocycles. The van der Waals surface area contributed by atoms with E-state index >= 15 is 0 Å². The average Bonchev–Trinajstić information content (AvgIpc) is 3.17. The number of halogens is 1. The van der Waals surface area contributed by atoms with E-state index in [1.54, 1.807) is 12.1 Å². The van der Waals surface area contributed by atoms with E-state index in [0.29, 0.717) is 5.69 Å². The Morgan fingerprint density at radius 2 is 2.00 bits per heavy atom. The molecule has 1 saturated carbocycles. The standard InChI is InChI=1S/C12H14FNO.C3H8.H2/c1-2-8-3-6-10(13)11(7-8)14-12(15)9-4-5-9;1-3-2;/h3,6-7,9H,2,4-5H2,1H3,(H,14,15);3H2,1-2H3;1H. The Balaban J connectivity index is 0.000000742. The third-order valence-electron chi connectivity index (χ3n) is 2.65. The van der Waals surface area contributed by atoms with Crippen LogP contribution < -0.4 is 5.32 Å². The number of benzene rings is 1. The van der Waals surface area contributed by atoms with Crippen molar-refractivity contribution < 1.29 is 10.6 Å². The van der Waals surface area contributed by atoms with E-state index in [0.717, 1.165) is 24.8 Å². The van der Waals surface area contributed by atoms with Crippen molar-refractivity contribution in [1.29, 1.82) is 0 Å². The van der Waals surface area contributed by atoms with Crippen LogP contribution in [0, 0.1) is 11.7 Å². The molecule has 0 bridgehead atoms. The largest absolute Gasteiger partial charge is 0.323 e. The maximum atomic E-state index is 13.3. The Morgan fingerprint density at radius 1 is 1.39 bits per heavy atom. The molecule has 3 heteroatoms. The van der Waals surface area contributed by atoms with Gasteiger partial charge in [-0.25, -0.2) is 4.39 Å². The molecule has 0 saturated heterocycles. The highest BCUT2D eigenvalue weighted by Gasteiger charge is 2.29. The molecule has 102 valence electrons. The van der Waals surface area contributed by atoms with Gasteiger partial charge >= 0.3 is 0 Å². The highest BCUT2D eigenvalue weighted by Crippen LogP contribution is 2.30. The molecule has 0 heterocycles. The fourth-order valence-corrected chi connectivity index (χ4v) is 1.47. The molecular weight excluding hydrogens is 229 g/mol. The number of hydrogen-bond donors (Lipinski definition) is 1. The minimum atomic E-state index is -0.360. The molecule has 1 amide bonds. The van der Waals surface area contributed by atoms with Gasteiger partial charge in [0.2, 0.25) is 5.91 Å². The Labute approximate surface area is 110 Å². The van der Waals surface area contributed by atoms with Crippen molar-refractivity contribution in [2.75, 3.05) is 5.32 Å². The fourth-order valence-electron chi connectivity index (χ4n) is 1.47. The lowest BCUT2D eigenvalue weighted by molar-refractivity contribution is -0.117. The zero-order valence-corrected chi connectivity index (χ0v) is 11.4. The minimum Gasteiger partial charge on any atom is -0.323 e. The van der Waals surface area contributed by atoms with Crippen molar-refractivity contribution in [1.82, 2.24) is 0 Å². The van der Waals surface area contributed by atoms with Crippen LogP contribution in [0.2, 0.25) is 0 Å². The zero-order chi connectivity index (χ0) is 13.5. The second-order valence-corrected chi connectivity index (χ2v) is 4.64. The number of nitrogens with one attached hydrogen (secondary N) is 1. The Morgan fingerprint density at radius 3 is 2.50 bits per heavy atom. The van der Waals surface area contributed by atoms with Crippen LogP contribution in [0.15, 0.2) is 18.2 Å². The lowest BCUT2D eigenvalue weighted by Gasteiger charge is -2.07. The number of anilines is 1. The number of aryl methyl sites for hydroxylation is 1. The lowest BCUT2D eigenvalue weighted by atomic mass is 10.1. The van der Waals surface area contributed by atoms with Gasteiger partial charge in [0, 0.05) is 7.34 Å². The van der Waals surface area contributed by atoms with Crippen molar-refractivity contribution in [3.63, 3.8) is 0 Å².